The van der Waals surface area contributed by atoms with Gasteiger partial charge in [-0.3, -0.25) is 0 Å². The molecule has 0 spiro atoms. The molecule has 0 aliphatic heterocycles. The molecule has 0 amide bonds. The topological polar surface area (TPSA) is 0 Å². The zero-order chi connectivity index (χ0) is 14.2. The van der Waals surface area contributed by atoms with E-state index in [9.17, 15) is 0 Å². The van der Waals surface area contributed by atoms with Crippen molar-refractivity contribution in [1.29, 1.82) is 0 Å². The van der Waals surface area contributed by atoms with Gasteiger partial charge in [0.25, 0.3) is 0 Å². The minimum Gasteiger partial charge on any atom is -0.103 e. The second-order valence-electron chi connectivity index (χ2n) is 5.98. The molecule has 19 heavy (non-hydrogen) atoms. The van der Waals surface area contributed by atoms with Crippen LogP contribution in [-0.4, -0.2) is 0 Å². The molecule has 0 heteroatoms. The van der Waals surface area contributed by atoms with Crippen LogP contribution in [0.5, 0.6) is 0 Å². The van der Waals surface area contributed by atoms with Crippen LogP contribution in [0.1, 0.15) is 97.3 Å². The molecule has 1 unspecified atom stereocenters. The molecule has 0 nitrogen and oxygen atoms in total. The van der Waals surface area contributed by atoms with Gasteiger partial charge in [-0.1, -0.05) is 97.0 Å². The predicted molar refractivity (Wildman–Crippen MR) is 89.4 cm³/mol. The third kappa shape index (κ3) is 14.0. The van der Waals surface area contributed by atoms with Gasteiger partial charge in [-0.2, -0.15) is 0 Å². The number of rotatable bonds is 15. The zero-order valence-corrected chi connectivity index (χ0v) is 13.6. The maximum atomic E-state index is 3.82. The molecular formula is C19H37. The van der Waals surface area contributed by atoms with E-state index in [1.165, 1.54) is 83.5 Å². The molecule has 0 aromatic carbocycles. The summed E-state index contributed by atoms with van der Waals surface area (Å²) in [4.78, 5) is 0. The summed E-state index contributed by atoms with van der Waals surface area (Å²) in [7, 11) is 0. The summed E-state index contributed by atoms with van der Waals surface area (Å²) in [6, 6.07) is 0. The molecule has 0 aliphatic carbocycles. The van der Waals surface area contributed by atoms with E-state index in [0.29, 0.717) is 0 Å². The zero-order valence-electron chi connectivity index (χ0n) is 13.6. The fourth-order valence-corrected chi connectivity index (χ4v) is 2.74. The van der Waals surface area contributed by atoms with E-state index in [2.05, 4.69) is 26.8 Å². The molecule has 1 radical (unpaired) electrons. The van der Waals surface area contributed by atoms with E-state index < -0.39 is 0 Å². The van der Waals surface area contributed by atoms with Crippen LogP contribution in [0.15, 0.2) is 12.7 Å². The SMILES string of the molecule is C=C[CH]CC(CCCCCC)CCCCCCCC. The van der Waals surface area contributed by atoms with Gasteiger partial charge in [0, 0.05) is 0 Å². The van der Waals surface area contributed by atoms with Crippen molar-refractivity contribution in [2.45, 2.75) is 97.3 Å². The number of hydrogen-bond acceptors (Lipinski definition) is 0. The Morgan fingerprint density at radius 1 is 0.737 bits per heavy atom. The lowest BCUT2D eigenvalue weighted by atomic mass is 9.90. The predicted octanol–water partition coefficient (Wildman–Crippen LogP) is 7.10. The monoisotopic (exact) mass is 265 g/mol. The Labute approximate surface area is 123 Å². The first-order chi connectivity index (χ1) is 9.35. The average Bonchev–Trinajstić information content (AvgIpc) is 2.43. The van der Waals surface area contributed by atoms with Crippen molar-refractivity contribution in [3.05, 3.63) is 19.1 Å². The van der Waals surface area contributed by atoms with Crippen molar-refractivity contribution in [3.8, 4) is 0 Å². The fraction of sp³-hybridized carbons (Fsp3) is 0.842. The lowest BCUT2D eigenvalue weighted by Gasteiger charge is -2.15. The minimum absolute atomic E-state index is 0.918. The number of hydrogen-bond donors (Lipinski definition) is 0. The van der Waals surface area contributed by atoms with Gasteiger partial charge in [0.15, 0.2) is 0 Å². The first kappa shape index (κ1) is 18.7. The summed E-state index contributed by atoms with van der Waals surface area (Å²) in [5.41, 5.74) is 0. The van der Waals surface area contributed by atoms with Crippen LogP contribution < -0.4 is 0 Å². The molecule has 1 atom stereocenters. The molecule has 0 aliphatic rings. The molecule has 0 aromatic heterocycles. The van der Waals surface area contributed by atoms with Gasteiger partial charge in [-0.05, 0) is 18.8 Å². The van der Waals surface area contributed by atoms with E-state index in [4.69, 9.17) is 0 Å². The summed E-state index contributed by atoms with van der Waals surface area (Å²) < 4.78 is 0. The van der Waals surface area contributed by atoms with Gasteiger partial charge in [0.1, 0.15) is 0 Å². The highest BCUT2D eigenvalue weighted by molar-refractivity contribution is 4.88. The summed E-state index contributed by atoms with van der Waals surface area (Å²) >= 11 is 0. The van der Waals surface area contributed by atoms with Crippen molar-refractivity contribution < 1.29 is 0 Å². The second-order valence-corrected chi connectivity index (χ2v) is 5.98. The van der Waals surface area contributed by atoms with Gasteiger partial charge in [0.05, 0.1) is 0 Å². The van der Waals surface area contributed by atoms with E-state index in [-0.39, 0.29) is 0 Å². The van der Waals surface area contributed by atoms with Gasteiger partial charge >= 0.3 is 0 Å². The molecule has 0 saturated heterocycles. The summed E-state index contributed by atoms with van der Waals surface area (Å²) in [5, 5.41) is 0. The Morgan fingerprint density at radius 2 is 1.21 bits per heavy atom. The number of allylic oxidation sites excluding steroid dienone is 1. The van der Waals surface area contributed by atoms with Crippen LogP contribution in [-0.2, 0) is 0 Å². The third-order valence-electron chi connectivity index (χ3n) is 4.07. The van der Waals surface area contributed by atoms with Gasteiger partial charge in [-0.25, -0.2) is 0 Å². The Kier molecular flexibility index (Phi) is 15.6. The highest BCUT2D eigenvalue weighted by atomic mass is 14.1. The standard InChI is InChI=1S/C19H37/c1-4-7-10-12-13-15-18-19(16-9-6-3)17-14-11-8-5-2/h6,9,19H,3-5,7-8,10-18H2,1-2H3. The molecule has 0 saturated carbocycles. The van der Waals surface area contributed by atoms with Crippen molar-refractivity contribution in [1.82, 2.24) is 0 Å². The molecule has 0 heterocycles. The van der Waals surface area contributed by atoms with Crippen LogP contribution in [0, 0.1) is 12.3 Å². The minimum atomic E-state index is 0.918. The van der Waals surface area contributed by atoms with Crippen molar-refractivity contribution in [2.75, 3.05) is 0 Å². The fourth-order valence-electron chi connectivity index (χ4n) is 2.74. The highest BCUT2D eigenvalue weighted by Crippen LogP contribution is 2.22. The van der Waals surface area contributed by atoms with Crippen LogP contribution in [0.3, 0.4) is 0 Å². The normalized spacial score (nSPS) is 12.5. The van der Waals surface area contributed by atoms with Gasteiger partial charge in [-0.15, -0.1) is 6.58 Å². The Morgan fingerprint density at radius 3 is 1.74 bits per heavy atom. The number of unbranched alkanes of at least 4 members (excludes halogenated alkanes) is 8. The van der Waals surface area contributed by atoms with Crippen molar-refractivity contribution >= 4 is 0 Å². The molecule has 113 valence electrons. The quantitative estimate of drug-likeness (QED) is 0.277. The highest BCUT2D eigenvalue weighted by Gasteiger charge is 2.07. The maximum Gasteiger partial charge on any atom is -0.0171 e. The van der Waals surface area contributed by atoms with E-state index in [0.717, 1.165) is 5.92 Å². The maximum absolute atomic E-state index is 3.82. The van der Waals surface area contributed by atoms with Crippen molar-refractivity contribution in [3.63, 3.8) is 0 Å². The molecule has 0 bridgehead atoms. The Bertz CT molecular complexity index is 171. The average molecular weight is 266 g/mol. The largest absolute Gasteiger partial charge is 0.103 e. The first-order valence-electron chi connectivity index (χ1n) is 8.79. The molecule has 0 aromatic rings. The Hall–Kier alpha value is -0.260. The van der Waals surface area contributed by atoms with E-state index in [1.54, 1.807) is 0 Å². The molecule has 0 N–H and O–H groups in total. The molecular weight excluding hydrogens is 228 g/mol. The van der Waals surface area contributed by atoms with Crippen LogP contribution in [0.4, 0.5) is 0 Å². The van der Waals surface area contributed by atoms with Crippen LogP contribution >= 0.6 is 0 Å². The van der Waals surface area contributed by atoms with Crippen molar-refractivity contribution in [2.24, 2.45) is 5.92 Å². The smallest absolute Gasteiger partial charge is 0.0171 e. The second kappa shape index (κ2) is 15.8. The first-order valence-corrected chi connectivity index (χ1v) is 8.79. The van der Waals surface area contributed by atoms with E-state index >= 15 is 0 Å². The summed E-state index contributed by atoms with van der Waals surface area (Å²) in [5.74, 6) is 0.918. The summed E-state index contributed by atoms with van der Waals surface area (Å²) in [6.07, 6.45) is 22.5. The molecule has 0 fully saturated rings. The molecule has 0 rings (SSSR count). The lowest BCUT2D eigenvalue weighted by Crippen LogP contribution is -2.01. The van der Waals surface area contributed by atoms with E-state index in [1.807, 2.05) is 6.08 Å². The third-order valence-corrected chi connectivity index (χ3v) is 4.07. The van der Waals surface area contributed by atoms with Gasteiger partial charge < -0.3 is 0 Å². The Balaban J connectivity index is 3.57. The van der Waals surface area contributed by atoms with Gasteiger partial charge in [0.2, 0.25) is 0 Å². The lowest BCUT2D eigenvalue weighted by molar-refractivity contribution is 0.402. The summed E-state index contributed by atoms with van der Waals surface area (Å²) in [6.45, 7) is 8.40. The van der Waals surface area contributed by atoms with Crippen LogP contribution in [0.25, 0.3) is 0 Å². The van der Waals surface area contributed by atoms with Crippen LogP contribution in [0.2, 0.25) is 0 Å².